The predicted octanol–water partition coefficient (Wildman–Crippen LogP) is 2.81. The van der Waals surface area contributed by atoms with Gasteiger partial charge < -0.3 is 14.6 Å². The summed E-state index contributed by atoms with van der Waals surface area (Å²) in [6.45, 7) is 1.25. The van der Waals surface area contributed by atoms with Crippen molar-refractivity contribution in [3.8, 4) is 6.07 Å². The van der Waals surface area contributed by atoms with Crippen LogP contribution in [0.15, 0.2) is 41.3 Å². The number of nitrogens with zero attached hydrogens (tertiary/aromatic N) is 4. The van der Waals surface area contributed by atoms with E-state index in [1.165, 1.54) is 6.08 Å². The molecule has 1 aliphatic heterocycles. The number of hydrogen-bond acceptors (Lipinski definition) is 5. The number of carbonyl (C=O) groups excluding carboxylic acids is 2. The lowest BCUT2D eigenvalue weighted by Crippen LogP contribution is -2.42. The van der Waals surface area contributed by atoms with Gasteiger partial charge >= 0.3 is 0 Å². The fraction of sp³-hybridized carbons (Fsp3) is 0.400. The number of aryl methyl sites for hydroxylation is 1. The lowest BCUT2D eigenvalue weighted by atomic mass is 10.2. The maximum atomic E-state index is 12.7. The SMILES string of the molecule is N#CCCCCn1cc(NC(=O)[C@@H]2CCCN2C(=O)/C=C/c2ccco2)cn1. The lowest BCUT2D eigenvalue weighted by Gasteiger charge is -2.22. The summed E-state index contributed by atoms with van der Waals surface area (Å²) in [4.78, 5) is 26.7. The van der Waals surface area contributed by atoms with Crippen molar-refractivity contribution in [3.05, 3.63) is 42.6 Å². The van der Waals surface area contributed by atoms with E-state index in [1.807, 2.05) is 0 Å². The number of carbonyl (C=O) groups is 2. The number of furan rings is 1. The molecule has 0 saturated carbocycles. The molecule has 2 aromatic heterocycles. The third kappa shape index (κ3) is 5.10. The normalized spacial score (nSPS) is 16.4. The standard InChI is InChI=1S/C20H23N5O3/c21-10-2-1-3-11-24-15-16(14-22-24)23-20(27)18-7-4-12-25(18)19(26)9-8-17-6-5-13-28-17/h5-6,8-9,13-15,18H,1-4,7,11-12H2,(H,23,27)/b9-8+/t18-/m0/s1. The van der Waals surface area contributed by atoms with Gasteiger partial charge in [-0.05, 0) is 43.9 Å². The molecule has 28 heavy (non-hydrogen) atoms. The minimum atomic E-state index is -0.493. The maximum Gasteiger partial charge on any atom is 0.247 e. The molecule has 3 heterocycles. The number of nitriles is 1. The Morgan fingerprint density at radius 2 is 2.32 bits per heavy atom. The highest BCUT2D eigenvalue weighted by atomic mass is 16.3. The van der Waals surface area contributed by atoms with E-state index in [1.54, 1.807) is 46.4 Å². The summed E-state index contributed by atoms with van der Waals surface area (Å²) in [7, 11) is 0. The van der Waals surface area contributed by atoms with E-state index < -0.39 is 6.04 Å². The van der Waals surface area contributed by atoms with E-state index in [9.17, 15) is 9.59 Å². The van der Waals surface area contributed by atoms with E-state index in [-0.39, 0.29) is 11.8 Å². The van der Waals surface area contributed by atoms with Gasteiger partial charge in [-0.25, -0.2) is 0 Å². The number of anilines is 1. The van der Waals surface area contributed by atoms with Gasteiger partial charge in [0.25, 0.3) is 0 Å². The average Bonchev–Trinajstić information content (AvgIpc) is 3.45. The van der Waals surface area contributed by atoms with Crippen molar-refractivity contribution < 1.29 is 14.0 Å². The van der Waals surface area contributed by atoms with E-state index in [0.717, 1.165) is 19.3 Å². The van der Waals surface area contributed by atoms with Gasteiger partial charge in [-0.2, -0.15) is 10.4 Å². The first kappa shape index (κ1) is 19.4. The van der Waals surface area contributed by atoms with Crippen LogP contribution in [-0.2, 0) is 16.1 Å². The Labute approximate surface area is 163 Å². The van der Waals surface area contributed by atoms with E-state index in [4.69, 9.17) is 9.68 Å². The molecule has 1 atom stereocenters. The molecule has 1 N–H and O–H groups in total. The Morgan fingerprint density at radius 1 is 1.43 bits per heavy atom. The minimum absolute atomic E-state index is 0.206. The highest BCUT2D eigenvalue weighted by Crippen LogP contribution is 2.20. The van der Waals surface area contributed by atoms with Crippen molar-refractivity contribution in [3.63, 3.8) is 0 Å². The predicted molar refractivity (Wildman–Crippen MR) is 103 cm³/mol. The molecular weight excluding hydrogens is 358 g/mol. The van der Waals surface area contributed by atoms with E-state index in [0.29, 0.717) is 37.4 Å². The molecule has 1 saturated heterocycles. The summed E-state index contributed by atoms with van der Waals surface area (Å²) in [6, 6.07) is 5.13. The quantitative estimate of drug-likeness (QED) is 0.559. The van der Waals surface area contributed by atoms with Crippen molar-refractivity contribution >= 4 is 23.6 Å². The Balaban J connectivity index is 1.54. The zero-order valence-electron chi connectivity index (χ0n) is 15.6. The molecule has 146 valence electrons. The van der Waals surface area contributed by atoms with Crippen LogP contribution in [0.4, 0.5) is 5.69 Å². The second-order valence-electron chi connectivity index (χ2n) is 6.63. The first-order chi connectivity index (χ1) is 13.7. The molecule has 8 heteroatoms. The molecule has 8 nitrogen and oxygen atoms in total. The molecule has 2 aromatic rings. The van der Waals surface area contributed by atoms with Gasteiger partial charge in [-0.15, -0.1) is 0 Å². The van der Waals surface area contributed by atoms with Crippen LogP contribution in [0.3, 0.4) is 0 Å². The topological polar surface area (TPSA) is 104 Å². The van der Waals surface area contributed by atoms with Gasteiger partial charge in [0.1, 0.15) is 11.8 Å². The molecule has 0 aliphatic carbocycles. The number of rotatable bonds is 8. The number of aromatic nitrogens is 2. The van der Waals surface area contributed by atoms with Crippen molar-refractivity contribution in [2.45, 2.75) is 44.7 Å². The monoisotopic (exact) mass is 381 g/mol. The number of nitrogens with one attached hydrogen (secondary N) is 1. The van der Waals surface area contributed by atoms with Crippen LogP contribution in [0.2, 0.25) is 0 Å². The zero-order valence-corrected chi connectivity index (χ0v) is 15.6. The van der Waals surface area contributed by atoms with Crippen molar-refractivity contribution in [1.29, 1.82) is 5.26 Å². The molecule has 0 bridgehead atoms. The Bertz CT molecular complexity index is 863. The van der Waals surface area contributed by atoms with Crippen LogP contribution >= 0.6 is 0 Å². The maximum absolute atomic E-state index is 12.7. The third-order valence-corrected chi connectivity index (χ3v) is 4.60. The van der Waals surface area contributed by atoms with Crippen molar-refractivity contribution in [2.24, 2.45) is 0 Å². The first-order valence-corrected chi connectivity index (χ1v) is 9.40. The van der Waals surface area contributed by atoms with Crippen LogP contribution in [0.5, 0.6) is 0 Å². The van der Waals surface area contributed by atoms with Crippen molar-refractivity contribution in [2.75, 3.05) is 11.9 Å². The highest BCUT2D eigenvalue weighted by molar-refractivity contribution is 6.00. The Kier molecular flexibility index (Phi) is 6.63. The minimum Gasteiger partial charge on any atom is -0.465 e. The summed E-state index contributed by atoms with van der Waals surface area (Å²) in [5.41, 5.74) is 0.607. The molecule has 0 unspecified atom stereocenters. The highest BCUT2D eigenvalue weighted by Gasteiger charge is 2.33. The lowest BCUT2D eigenvalue weighted by molar-refractivity contribution is -0.132. The van der Waals surface area contributed by atoms with Crippen LogP contribution in [0.1, 0.15) is 37.9 Å². The van der Waals surface area contributed by atoms with Gasteiger partial charge in [0.15, 0.2) is 0 Å². The van der Waals surface area contributed by atoms with Gasteiger partial charge in [-0.3, -0.25) is 14.3 Å². The molecule has 0 spiro atoms. The molecule has 0 radical (unpaired) electrons. The van der Waals surface area contributed by atoms with Crippen molar-refractivity contribution in [1.82, 2.24) is 14.7 Å². The van der Waals surface area contributed by atoms with Gasteiger partial charge in [-0.1, -0.05) is 0 Å². The first-order valence-electron chi connectivity index (χ1n) is 9.40. The third-order valence-electron chi connectivity index (χ3n) is 4.60. The molecule has 2 amide bonds. The van der Waals surface area contributed by atoms with Crippen LogP contribution < -0.4 is 5.32 Å². The second-order valence-corrected chi connectivity index (χ2v) is 6.63. The fourth-order valence-electron chi connectivity index (χ4n) is 3.19. The van der Waals surface area contributed by atoms with Crippen LogP contribution in [0, 0.1) is 11.3 Å². The zero-order chi connectivity index (χ0) is 19.8. The summed E-state index contributed by atoms with van der Waals surface area (Å²) >= 11 is 0. The fourth-order valence-corrected chi connectivity index (χ4v) is 3.19. The summed E-state index contributed by atoms with van der Waals surface area (Å²) < 4.78 is 6.93. The smallest absolute Gasteiger partial charge is 0.247 e. The Morgan fingerprint density at radius 3 is 3.11 bits per heavy atom. The van der Waals surface area contributed by atoms with Crippen LogP contribution in [-0.4, -0.2) is 39.1 Å². The summed E-state index contributed by atoms with van der Waals surface area (Å²) in [5.74, 6) is 0.180. The molecule has 1 fully saturated rings. The number of hydrogen-bond donors (Lipinski definition) is 1. The molecule has 0 aromatic carbocycles. The van der Waals surface area contributed by atoms with Gasteiger partial charge in [0, 0.05) is 31.8 Å². The largest absolute Gasteiger partial charge is 0.465 e. The second kappa shape index (κ2) is 9.55. The summed E-state index contributed by atoms with van der Waals surface area (Å²) in [5, 5.41) is 15.6. The average molecular weight is 381 g/mol. The van der Waals surface area contributed by atoms with E-state index in [2.05, 4.69) is 16.5 Å². The Hall–Kier alpha value is -3.34. The van der Waals surface area contributed by atoms with Gasteiger partial charge in [0.05, 0.1) is 24.2 Å². The molecule has 3 rings (SSSR count). The van der Waals surface area contributed by atoms with Crippen LogP contribution in [0.25, 0.3) is 6.08 Å². The molecule has 1 aliphatic rings. The van der Waals surface area contributed by atoms with Gasteiger partial charge in [0.2, 0.25) is 11.8 Å². The number of amides is 2. The van der Waals surface area contributed by atoms with E-state index >= 15 is 0 Å². The molecular formula is C20H23N5O3. The number of unbranched alkanes of at least 4 members (excludes halogenated alkanes) is 2. The summed E-state index contributed by atoms with van der Waals surface area (Å²) in [6.07, 6.45) is 11.6. The number of likely N-dealkylation sites (tertiary alicyclic amines) is 1.